The maximum Gasteiger partial charge on any atom is 0.134 e. The lowest BCUT2D eigenvalue weighted by molar-refractivity contribution is 0.227. The Morgan fingerprint density at radius 3 is 2.70 bits per heavy atom. The van der Waals surface area contributed by atoms with E-state index >= 15 is 0 Å². The maximum atomic E-state index is 6.43. The number of hydrogen-bond donors (Lipinski definition) is 1. The summed E-state index contributed by atoms with van der Waals surface area (Å²) in [7, 11) is 0. The van der Waals surface area contributed by atoms with Crippen molar-refractivity contribution in [3.05, 3.63) is 35.0 Å². The molecule has 0 aliphatic heterocycles. The molecule has 1 saturated carbocycles. The molecule has 0 saturated heterocycles. The molecule has 3 rings (SSSR count). The highest BCUT2D eigenvalue weighted by Crippen LogP contribution is 2.38. The van der Waals surface area contributed by atoms with Gasteiger partial charge in [0.05, 0.1) is 6.04 Å². The third-order valence-corrected chi connectivity index (χ3v) is 5.04. The van der Waals surface area contributed by atoms with Crippen LogP contribution >= 0.6 is 11.6 Å². The highest BCUT2D eigenvalue weighted by Gasteiger charge is 2.27. The van der Waals surface area contributed by atoms with Gasteiger partial charge in [-0.3, -0.25) is 0 Å². The van der Waals surface area contributed by atoms with Crippen molar-refractivity contribution in [3.8, 4) is 0 Å². The van der Waals surface area contributed by atoms with Crippen LogP contribution in [0.1, 0.15) is 50.8 Å². The summed E-state index contributed by atoms with van der Waals surface area (Å²) in [5.74, 6) is 2.35. The van der Waals surface area contributed by atoms with E-state index in [1.54, 1.807) is 0 Å². The normalized spacial score (nSPS) is 24.9. The lowest BCUT2D eigenvalue weighted by atomic mass is 9.77. The first-order valence-corrected chi connectivity index (χ1v) is 7.99. The Morgan fingerprint density at radius 2 is 2.00 bits per heavy atom. The minimum atomic E-state index is 0.0129. The number of halogens is 1. The first-order chi connectivity index (χ1) is 9.67. The van der Waals surface area contributed by atoms with E-state index in [9.17, 15) is 0 Å². The predicted molar refractivity (Wildman–Crippen MR) is 83.9 cm³/mol. The number of nitrogens with two attached hydrogens (primary N) is 1. The minimum absolute atomic E-state index is 0.0129. The number of benzene rings is 1. The molecule has 1 aliphatic carbocycles. The Bertz CT molecular complexity index is 584. The smallest absolute Gasteiger partial charge is 0.134 e. The fraction of sp³-hybridized carbons (Fsp3) is 0.529. The van der Waals surface area contributed by atoms with Gasteiger partial charge < -0.3 is 10.2 Å². The molecule has 0 bridgehead atoms. The zero-order valence-electron chi connectivity index (χ0n) is 11.9. The molecule has 3 heteroatoms. The van der Waals surface area contributed by atoms with Crippen molar-refractivity contribution in [3.63, 3.8) is 0 Å². The van der Waals surface area contributed by atoms with Gasteiger partial charge in [0, 0.05) is 10.4 Å². The summed E-state index contributed by atoms with van der Waals surface area (Å²) >= 11 is 6.02. The summed E-state index contributed by atoms with van der Waals surface area (Å²) in [5, 5.41) is 1.78. The fourth-order valence-electron chi connectivity index (χ4n) is 3.39. The van der Waals surface area contributed by atoms with Crippen molar-refractivity contribution < 1.29 is 4.42 Å². The highest BCUT2D eigenvalue weighted by atomic mass is 35.5. The van der Waals surface area contributed by atoms with Crippen LogP contribution in [0.15, 0.2) is 28.7 Å². The second-order valence-electron chi connectivity index (χ2n) is 6.05. The molecule has 0 amide bonds. The second kappa shape index (κ2) is 5.79. The molecule has 1 fully saturated rings. The molecular formula is C17H22ClNO. The number of hydrogen-bond acceptors (Lipinski definition) is 2. The summed E-state index contributed by atoms with van der Waals surface area (Å²) < 4.78 is 5.91. The molecule has 108 valence electrons. The van der Waals surface area contributed by atoms with Gasteiger partial charge in [-0.1, -0.05) is 37.8 Å². The molecule has 2 nitrogen and oxygen atoms in total. The van der Waals surface area contributed by atoms with Crippen molar-refractivity contribution in [2.45, 2.75) is 45.1 Å². The molecule has 2 aromatic rings. The monoisotopic (exact) mass is 291 g/mol. The predicted octanol–water partition coefficient (Wildman–Crippen LogP) is 5.30. The topological polar surface area (TPSA) is 39.2 Å². The van der Waals surface area contributed by atoms with Gasteiger partial charge in [-0.05, 0) is 48.9 Å². The van der Waals surface area contributed by atoms with Crippen molar-refractivity contribution >= 4 is 22.6 Å². The van der Waals surface area contributed by atoms with Gasteiger partial charge in [0.1, 0.15) is 11.3 Å². The summed E-state index contributed by atoms with van der Waals surface area (Å²) in [4.78, 5) is 0. The van der Waals surface area contributed by atoms with Crippen LogP contribution in [0.25, 0.3) is 11.0 Å². The molecule has 0 radical (unpaired) electrons. The van der Waals surface area contributed by atoms with Gasteiger partial charge in [0.15, 0.2) is 0 Å². The van der Waals surface area contributed by atoms with Crippen LogP contribution in [-0.4, -0.2) is 0 Å². The molecule has 20 heavy (non-hydrogen) atoms. The maximum absolute atomic E-state index is 6.43. The second-order valence-corrected chi connectivity index (χ2v) is 6.48. The first kappa shape index (κ1) is 14.0. The van der Waals surface area contributed by atoms with Crippen LogP contribution in [0.5, 0.6) is 0 Å². The Morgan fingerprint density at radius 1 is 1.25 bits per heavy atom. The third kappa shape index (κ3) is 2.72. The molecule has 0 spiro atoms. The molecule has 1 aliphatic rings. The van der Waals surface area contributed by atoms with E-state index in [4.69, 9.17) is 21.8 Å². The van der Waals surface area contributed by atoms with E-state index in [1.165, 1.54) is 32.1 Å². The van der Waals surface area contributed by atoms with E-state index in [0.29, 0.717) is 5.92 Å². The summed E-state index contributed by atoms with van der Waals surface area (Å²) in [6, 6.07) is 7.78. The van der Waals surface area contributed by atoms with Crippen molar-refractivity contribution in [2.24, 2.45) is 17.6 Å². The Hall–Kier alpha value is -0.990. The van der Waals surface area contributed by atoms with Crippen LogP contribution in [-0.2, 0) is 0 Å². The van der Waals surface area contributed by atoms with Crippen molar-refractivity contribution in [2.75, 3.05) is 0 Å². The number of fused-ring (bicyclic) bond motifs is 1. The Balaban J connectivity index is 1.77. The Labute approximate surface area is 125 Å². The standard InChI is InChI=1S/C17H22ClNO/c1-2-11-3-5-12(6-4-11)17(19)16-10-13-9-14(18)7-8-15(13)20-16/h7-12,17H,2-6,19H2,1H3. The number of furan rings is 1. The zero-order chi connectivity index (χ0) is 14.1. The van der Waals surface area contributed by atoms with Crippen LogP contribution in [0.4, 0.5) is 0 Å². The van der Waals surface area contributed by atoms with E-state index in [1.807, 2.05) is 18.2 Å². The molecular weight excluding hydrogens is 270 g/mol. The van der Waals surface area contributed by atoms with Crippen LogP contribution in [0, 0.1) is 11.8 Å². The van der Waals surface area contributed by atoms with Gasteiger partial charge >= 0.3 is 0 Å². The lowest BCUT2D eigenvalue weighted by Gasteiger charge is -2.30. The lowest BCUT2D eigenvalue weighted by Crippen LogP contribution is -2.25. The summed E-state index contributed by atoms with van der Waals surface area (Å²) in [6.45, 7) is 2.29. The van der Waals surface area contributed by atoms with Crippen molar-refractivity contribution in [1.29, 1.82) is 0 Å². The fourth-order valence-corrected chi connectivity index (χ4v) is 3.57. The summed E-state index contributed by atoms with van der Waals surface area (Å²) in [5.41, 5.74) is 7.31. The van der Waals surface area contributed by atoms with Gasteiger partial charge in [-0.25, -0.2) is 0 Å². The zero-order valence-corrected chi connectivity index (χ0v) is 12.7. The van der Waals surface area contributed by atoms with Crippen LogP contribution in [0.2, 0.25) is 5.02 Å². The molecule has 1 aromatic heterocycles. The van der Waals surface area contributed by atoms with E-state index in [-0.39, 0.29) is 6.04 Å². The highest BCUT2D eigenvalue weighted by molar-refractivity contribution is 6.31. The molecule has 1 heterocycles. The third-order valence-electron chi connectivity index (χ3n) is 4.80. The van der Waals surface area contributed by atoms with Gasteiger partial charge in [-0.2, -0.15) is 0 Å². The number of rotatable bonds is 3. The average Bonchev–Trinajstić information content (AvgIpc) is 2.89. The van der Waals surface area contributed by atoms with Gasteiger partial charge in [0.2, 0.25) is 0 Å². The van der Waals surface area contributed by atoms with E-state index in [2.05, 4.69) is 13.0 Å². The largest absolute Gasteiger partial charge is 0.459 e. The quantitative estimate of drug-likeness (QED) is 0.833. The summed E-state index contributed by atoms with van der Waals surface area (Å²) in [6.07, 6.45) is 6.35. The van der Waals surface area contributed by atoms with Gasteiger partial charge in [0.25, 0.3) is 0 Å². The first-order valence-electron chi connectivity index (χ1n) is 7.62. The molecule has 1 atom stereocenters. The van der Waals surface area contributed by atoms with E-state index < -0.39 is 0 Å². The van der Waals surface area contributed by atoms with Crippen LogP contribution < -0.4 is 5.73 Å². The SMILES string of the molecule is CCC1CCC(C(N)c2cc3cc(Cl)ccc3o2)CC1. The molecule has 2 N–H and O–H groups in total. The van der Waals surface area contributed by atoms with Gasteiger partial charge in [-0.15, -0.1) is 0 Å². The van der Waals surface area contributed by atoms with Crippen molar-refractivity contribution in [1.82, 2.24) is 0 Å². The van der Waals surface area contributed by atoms with E-state index in [0.717, 1.165) is 27.7 Å². The minimum Gasteiger partial charge on any atom is -0.459 e. The van der Waals surface area contributed by atoms with Crippen LogP contribution in [0.3, 0.4) is 0 Å². The molecule has 1 unspecified atom stereocenters. The Kier molecular flexibility index (Phi) is 4.04. The molecule has 1 aromatic carbocycles. The average molecular weight is 292 g/mol.